The maximum atomic E-state index is 12.0. The van der Waals surface area contributed by atoms with Crippen LogP contribution in [0.2, 0.25) is 10.0 Å². The van der Waals surface area contributed by atoms with Gasteiger partial charge in [-0.15, -0.1) is 0 Å². The molecule has 0 unspecified atom stereocenters. The third-order valence-corrected chi connectivity index (χ3v) is 3.19. The Morgan fingerprint density at radius 3 is 2.69 bits per heavy atom. The van der Waals surface area contributed by atoms with E-state index in [1.807, 2.05) is 0 Å². The molecule has 0 N–H and O–H groups in total. The summed E-state index contributed by atoms with van der Waals surface area (Å²) in [6.45, 7) is 2.82. The minimum atomic E-state index is -0.0825. The fourth-order valence-corrected chi connectivity index (χ4v) is 1.75. The first-order valence-electron chi connectivity index (χ1n) is 5.27. The Morgan fingerprint density at radius 1 is 1.38 bits per heavy atom. The minimum absolute atomic E-state index is 0.0825. The molecule has 0 radical (unpaired) electrons. The summed E-state index contributed by atoms with van der Waals surface area (Å²) in [7, 11) is 1.77. The molecule has 88 valence electrons. The highest BCUT2D eigenvalue weighted by Gasteiger charge is 2.15. The average molecular weight is 260 g/mol. The molecule has 1 aromatic carbocycles. The molecule has 0 aromatic heterocycles. The van der Waals surface area contributed by atoms with E-state index in [-0.39, 0.29) is 5.91 Å². The van der Waals surface area contributed by atoms with E-state index in [9.17, 15) is 4.79 Å². The molecule has 1 rings (SSSR count). The molecule has 0 aliphatic rings. The van der Waals surface area contributed by atoms with Crippen LogP contribution in [-0.2, 0) is 0 Å². The number of hydrogen-bond acceptors (Lipinski definition) is 1. The largest absolute Gasteiger partial charge is 0.342 e. The molecule has 0 fully saturated rings. The van der Waals surface area contributed by atoms with Gasteiger partial charge in [0.15, 0.2) is 0 Å². The van der Waals surface area contributed by atoms with Crippen molar-refractivity contribution in [1.82, 2.24) is 4.90 Å². The number of nitrogens with zero attached hydrogens (tertiary/aromatic N) is 1. The summed E-state index contributed by atoms with van der Waals surface area (Å²) in [4.78, 5) is 13.7. The highest BCUT2D eigenvalue weighted by molar-refractivity contribution is 6.43. The Morgan fingerprint density at radius 2 is 2.06 bits per heavy atom. The maximum Gasteiger partial charge on any atom is 0.255 e. The third kappa shape index (κ3) is 3.13. The summed E-state index contributed by atoms with van der Waals surface area (Å²) in [5.74, 6) is -0.0825. The smallest absolute Gasteiger partial charge is 0.255 e. The predicted molar refractivity (Wildman–Crippen MR) is 68.3 cm³/mol. The van der Waals surface area contributed by atoms with E-state index in [1.165, 1.54) is 0 Å². The van der Waals surface area contributed by atoms with Gasteiger partial charge in [0.1, 0.15) is 0 Å². The van der Waals surface area contributed by atoms with E-state index in [1.54, 1.807) is 30.1 Å². The Bertz CT molecular complexity index is 379. The van der Waals surface area contributed by atoms with E-state index in [0.717, 1.165) is 19.4 Å². The fourth-order valence-electron chi connectivity index (χ4n) is 1.37. The van der Waals surface area contributed by atoms with Crippen LogP contribution in [0.4, 0.5) is 0 Å². The van der Waals surface area contributed by atoms with Gasteiger partial charge in [-0.2, -0.15) is 0 Å². The zero-order valence-electron chi connectivity index (χ0n) is 9.46. The van der Waals surface area contributed by atoms with Crippen LogP contribution in [0.5, 0.6) is 0 Å². The number of unbranched alkanes of at least 4 members (excludes halogenated alkanes) is 1. The number of hydrogen-bond donors (Lipinski definition) is 0. The molecule has 0 aliphatic heterocycles. The summed E-state index contributed by atoms with van der Waals surface area (Å²) >= 11 is 11.9. The molecule has 0 saturated carbocycles. The highest BCUT2D eigenvalue weighted by Crippen LogP contribution is 2.26. The van der Waals surface area contributed by atoms with Crippen molar-refractivity contribution < 1.29 is 4.79 Å². The molecule has 1 aromatic rings. The average Bonchev–Trinajstić information content (AvgIpc) is 2.28. The van der Waals surface area contributed by atoms with Crippen LogP contribution >= 0.6 is 23.2 Å². The van der Waals surface area contributed by atoms with Crippen LogP contribution in [0.3, 0.4) is 0 Å². The number of carbonyl (C=O) groups is 1. The van der Waals surface area contributed by atoms with Gasteiger partial charge in [-0.1, -0.05) is 42.6 Å². The quantitative estimate of drug-likeness (QED) is 0.804. The lowest BCUT2D eigenvalue weighted by atomic mass is 10.2. The summed E-state index contributed by atoms with van der Waals surface area (Å²) in [5.41, 5.74) is 0.466. The highest BCUT2D eigenvalue weighted by atomic mass is 35.5. The fraction of sp³-hybridized carbons (Fsp3) is 0.417. The number of amides is 1. The maximum absolute atomic E-state index is 12.0. The topological polar surface area (TPSA) is 20.3 Å². The van der Waals surface area contributed by atoms with Crippen molar-refractivity contribution in [2.45, 2.75) is 19.8 Å². The van der Waals surface area contributed by atoms with Gasteiger partial charge >= 0.3 is 0 Å². The van der Waals surface area contributed by atoms with Gasteiger partial charge < -0.3 is 4.90 Å². The van der Waals surface area contributed by atoms with Crippen LogP contribution < -0.4 is 0 Å². The Kier molecular flexibility index (Phi) is 5.10. The number of halogens is 2. The molecular formula is C12H15Cl2NO. The first-order chi connectivity index (χ1) is 7.57. The summed E-state index contributed by atoms with van der Waals surface area (Å²) in [6.07, 6.45) is 2.04. The van der Waals surface area contributed by atoms with Crippen molar-refractivity contribution >= 4 is 29.1 Å². The predicted octanol–water partition coefficient (Wildman–Crippen LogP) is 3.87. The van der Waals surface area contributed by atoms with Gasteiger partial charge in [-0.3, -0.25) is 4.79 Å². The van der Waals surface area contributed by atoms with Crippen molar-refractivity contribution in [3.05, 3.63) is 33.8 Å². The number of benzene rings is 1. The molecule has 4 heteroatoms. The van der Waals surface area contributed by atoms with Gasteiger partial charge in [-0.05, 0) is 18.6 Å². The van der Waals surface area contributed by atoms with E-state index < -0.39 is 0 Å². The molecule has 2 nitrogen and oxygen atoms in total. The van der Waals surface area contributed by atoms with Gasteiger partial charge in [0.25, 0.3) is 5.91 Å². The van der Waals surface area contributed by atoms with Crippen molar-refractivity contribution in [2.75, 3.05) is 13.6 Å². The van der Waals surface area contributed by atoms with Gasteiger partial charge in [0, 0.05) is 13.6 Å². The molecule has 1 amide bonds. The minimum Gasteiger partial charge on any atom is -0.342 e. The van der Waals surface area contributed by atoms with Gasteiger partial charge in [0.05, 0.1) is 15.6 Å². The molecule has 0 aliphatic carbocycles. The zero-order chi connectivity index (χ0) is 12.1. The lowest BCUT2D eigenvalue weighted by Gasteiger charge is -2.17. The molecule has 0 atom stereocenters. The van der Waals surface area contributed by atoms with E-state index in [2.05, 4.69) is 6.92 Å². The van der Waals surface area contributed by atoms with Crippen LogP contribution in [0, 0.1) is 0 Å². The normalized spacial score (nSPS) is 10.2. The molecule has 0 spiro atoms. The van der Waals surface area contributed by atoms with E-state index in [0.29, 0.717) is 15.6 Å². The lowest BCUT2D eigenvalue weighted by Crippen LogP contribution is -2.27. The van der Waals surface area contributed by atoms with Crippen LogP contribution in [0.1, 0.15) is 30.1 Å². The Balaban J connectivity index is 2.84. The second kappa shape index (κ2) is 6.12. The van der Waals surface area contributed by atoms with Crippen LogP contribution in [-0.4, -0.2) is 24.4 Å². The van der Waals surface area contributed by atoms with Crippen LogP contribution in [0.15, 0.2) is 18.2 Å². The zero-order valence-corrected chi connectivity index (χ0v) is 11.0. The van der Waals surface area contributed by atoms with E-state index >= 15 is 0 Å². The SMILES string of the molecule is CCCCN(C)C(=O)c1cccc(Cl)c1Cl. The third-order valence-electron chi connectivity index (χ3n) is 2.38. The van der Waals surface area contributed by atoms with Gasteiger partial charge in [-0.25, -0.2) is 0 Å². The molecule has 0 heterocycles. The molecular weight excluding hydrogens is 245 g/mol. The second-order valence-corrected chi connectivity index (χ2v) is 4.47. The lowest BCUT2D eigenvalue weighted by molar-refractivity contribution is 0.0793. The van der Waals surface area contributed by atoms with Crippen molar-refractivity contribution in [2.24, 2.45) is 0 Å². The summed E-state index contributed by atoms with van der Waals surface area (Å²) < 4.78 is 0. The molecule has 0 saturated heterocycles. The van der Waals surface area contributed by atoms with Gasteiger partial charge in [0.2, 0.25) is 0 Å². The van der Waals surface area contributed by atoms with Crippen molar-refractivity contribution in [3.63, 3.8) is 0 Å². The van der Waals surface area contributed by atoms with Crippen LogP contribution in [0.25, 0.3) is 0 Å². The number of rotatable bonds is 4. The first kappa shape index (κ1) is 13.3. The molecule has 0 bridgehead atoms. The van der Waals surface area contributed by atoms with E-state index in [4.69, 9.17) is 23.2 Å². The monoisotopic (exact) mass is 259 g/mol. The Hall–Kier alpha value is -0.730. The summed E-state index contributed by atoms with van der Waals surface area (Å²) in [5, 5.41) is 0.744. The van der Waals surface area contributed by atoms with Crippen molar-refractivity contribution in [1.29, 1.82) is 0 Å². The number of carbonyl (C=O) groups excluding carboxylic acids is 1. The Labute approximate surface area is 106 Å². The second-order valence-electron chi connectivity index (χ2n) is 3.68. The molecule has 16 heavy (non-hydrogen) atoms. The standard InChI is InChI=1S/C12H15Cl2NO/c1-3-4-8-15(2)12(16)9-6-5-7-10(13)11(9)14/h5-7H,3-4,8H2,1-2H3. The van der Waals surface area contributed by atoms with Crippen molar-refractivity contribution in [3.8, 4) is 0 Å². The summed E-state index contributed by atoms with van der Waals surface area (Å²) in [6, 6.07) is 5.10. The first-order valence-corrected chi connectivity index (χ1v) is 6.03.